The van der Waals surface area contributed by atoms with E-state index in [1.165, 1.54) is 32.4 Å². The van der Waals surface area contributed by atoms with Gasteiger partial charge in [-0.3, -0.25) is 0 Å². The van der Waals surface area contributed by atoms with Crippen LogP contribution in [0.15, 0.2) is 0 Å². The van der Waals surface area contributed by atoms with Gasteiger partial charge in [-0.2, -0.15) is 0 Å². The van der Waals surface area contributed by atoms with Crippen LogP contribution in [-0.4, -0.2) is 31.1 Å². The highest BCUT2D eigenvalue weighted by atomic mass is 35.5. The van der Waals surface area contributed by atoms with Crippen molar-refractivity contribution >= 4 is 12.4 Å². The molecular weight excluding hydrogens is 196 g/mol. The average Bonchev–Trinajstić information content (AvgIpc) is 2.30. The maximum Gasteiger partial charge on any atom is 0.0105 e. The van der Waals surface area contributed by atoms with Crippen LogP contribution < -0.4 is 5.73 Å². The number of rotatable bonds is 3. The lowest BCUT2D eigenvalue weighted by atomic mass is 9.89. The zero-order valence-corrected chi connectivity index (χ0v) is 10.4. The van der Waals surface area contributed by atoms with E-state index in [0.717, 1.165) is 24.9 Å². The molecule has 1 saturated heterocycles. The largest absolute Gasteiger partial charge is 0.329 e. The molecule has 0 radical (unpaired) electrons. The van der Waals surface area contributed by atoms with Gasteiger partial charge in [-0.1, -0.05) is 13.8 Å². The lowest BCUT2D eigenvalue weighted by molar-refractivity contribution is 0.278. The molecule has 1 atom stereocenters. The quantitative estimate of drug-likeness (QED) is 0.790. The summed E-state index contributed by atoms with van der Waals surface area (Å²) >= 11 is 0. The van der Waals surface area contributed by atoms with E-state index in [0.29, 0.717) is 0 Å². The Balaban J connectivity index is 0.00000169. The summed E-state index contributed by atoms with van der Waals surface area (Å²) in [7, 11) is 0. The number of halogens is 1. The van der Waals surface area contributed by atoms with E-state index >= 15 is 0 Å². The Hall–Kier alpha value is 0.210. The topological polar surface area (TPSA) is 29.3 Å². The smallest absolute Gasteiger partial charge is 0.0105 e. The van der Waals surface area contributed by atoms with E-state index < -0.39 is 0 Å². The fraction of sp³-hybridized carbons (Fsp3) is 1.00. The zero-order valence-electron chi connectivity index (χ0n) is 9.54. The summed E-state index contributed by atoms with van der Waals surface area (Å²) < 4.78 is 0. The molecule has 1 aliphatic heterocycles. The van der Waals surface area contributed by atoms with Crippen molar-refractivity contribution in [1.82, 2.24) is 4.90 Å². The molecule has 1 fully saturated rings. The molecule has 0 spiro atoms. The summed E-state index contributed by atoms with van der Waals surface area (Å²) in [5.41, 5.74) is 5.56. The zero-order chi connectivity index (χ0) is 9.68. The molecule has 2 N–H and O–H groups in total. The summed E-state index contributed by atoms with van der Waals surface area (Å²) in [6.45, 7) is 9.13. The Morgan fingerprint density at radius 1 is 1.29 bits per heavy atom. The summed E-state index contributed by atoms with van der Waals surface area (Å²) in [5.74, 6) is 1.81. The highest BCUT2D eigenvalue weighted by molar-refractivity contribution is 5.85. The Morgan fingerprint density at radius 3 is 2.57 bits per heavy atom. The van der Waals surface area contributed by atoms with Gasteiger partial charge in [-0.15, -0.1) is 12.4 Å². The molecule has 0 saturated carbocycles. The van der Waals surface area contributed by atoms with Crippen LogP contribution in [0, 0.1) is 11.8 Å². The van der Waals surface area contributed by atoms with Crippen LogP contribution in [0.25, 0.3) is 0 Å². The van der Waals surface area contributed by atoms with Gasteiger partial charge in [0.1, 0.15) is 0 Å². The van der Waals surface area contributed by atoms with Gasteiger partial charge in [-0.05, 0) is 44.2 Å². The predicted molar refractivity (Wildman–Crippen MR) is 64.9 cm³/mol. The van der Waals surface area contributed by atoms with E-state index in [2.05, 4.69) is 18.7 Å². The maximum atomic E-state index is 5.56. The third-order valence-electron chi connectivity index (χ3n) is 3.25. The Kier molecular flexibility index (Phi) is 7.61. The van der Waals surface area contributed by atoms with E-state index in [1.807, 2.05) is 0 Å². The first-order chi connectivity index (χ1) is 6.24. The van der Waals surface area contributed by atoms with E-state index in [1.54, 1.807) is 0 Å². The minimum atomic E-state index is 0. The Bertz CT molecular complexity index is 139. The molecule has 86 valence electrons. The molecular formula is C11H25ClN2. The molecule has 0 aromatic carbocycles. The standard InChI is InChI=1S/C11H24N2.ClH/c1-10(2)11-4-3-7-13(8-5-11)9-6-12;/h10-11H,3-9,12H2,1-2H3;1H. The first-order valence-corrected chi connectivity index (χ1v) is 5.66. The normalized spacial score (nSPS) is 24.4. The van der Waals surface area contributed by atoms with Gasteiger partial charge >= 0.3 is 0 Å². The van der Waals surface area contributed by atoms with Crippen molar-refractivity contribution in [1.29, 1.82) is 0 Å². The number of nitrogens with zero attached hydrogens (tertiary/aromatic N) is 1. The number of hydrogen-bond acceptors (Lipinski definition) is 2. The molecule has 14 heavy (non-hydrogen) atoms. The van der Waals surface area contributed by atoms with Crippen LogP contribution in [-0.2, 0) is 0 Å². The number of likely N-dealkylation sites (tertiary alicyclic amines) is 1. The molecule has 1 unspecified atom stereocenters. The van der Waals surface area contributed by atoms with Crippen molar-refractivity contribution in [3.63, 3.8) is 0 Å². The average molecular weight is 221 g/mol. The molecule has 0 aromatic rings. The molecule has 0 amide bonds. The number of hydrogen-bond donors (Lipinski definition) is 1. The van der Waals surface area contributed by atoms with Crippen LogP contribution in [0.4, 0.5) is 0 Å². The fourth-order valence-electron chi connectivity index (χ4n) is 2.25. The van der Waals surface area contributed by atoms with Gasteiger partial charge in [0.05, 0.1) is 0 Å². The van der Waals surface area contributed by atoms with Gasteiger partial charge in [0, 0.05) is 13.1 Å². The van der Waals surface area contributed by atoms with E-state index in [9.17, 15) is 0 Å². The van der Waals surface area contributed by atoms with Crippen molar-refractivity contribution in [3.05, 3.63) is 0 Å². The highest BCUT2D eigenvalue weighted by Crippen LogP contribution is 2.24. The summed E-state index contributed by atoms with van der Waals surface area (Å²) in [6, 6.07) is 0. The van der Waals surface area contributed by atoms with Crippen LogP contribution in [0.1, 0.15) is 33.1 Å². The molecule has 0 aliphatic carbocycles. The van der Waals surface area contributed by atoms with E-state index in [4.69, 9.17) is 5.73 Å². The predicted octanol–water partition coefficient (Wildman–Crippen LogP) is 2.13. The Labute approximate surface area is 94.6 Å². The third kappa shape index (κ3) is 4.63. The lowest BCUT2D eigenvalue weighted by Gasteiger charge is -2.20. The lowest BCUT2D eigenvalue weighted by Crippen LogP contribution is -2.30. The molecule has 1 aliphatic rings. The molecule has 1 heterocycles. The van der Waals surface area contributed by atoms with Crippen LogP contribution in [0.5, 0.6) is 0 Å². The minimum Gasteiger partial charge on any atom is -0.329 e. The van der Waals surface area contributed by atoms with E-state index in [-0.39, 0.29) is 12.4 Å². The van der Waals surface area contributed by atoms with Gasteiger partial charge in [0.15, 0.2) is 0 Å². The summed E-state index contributed by atoms with van der Waals surface area (Å²) in [4.78, 5) is 2.52. The first-order valence-electron chi connectivity index (χ1n) is 5.66. The van der Waals surface area contributed by atoms with Crippen molar-refractivity contribution in [2.75, 3.05) is 26.2 Å². The summed E-state index contributed by atoms with van der Waals surface area (Å²) in [6.07, 6.45) is 4.15. The molecule has 1 rings (SSSR count). The van der Waals surface area contributed by atoms with Crippen molar-refractivity contribution < 1.29 is 0 Å². The molecule has 0 aromatic heterocycles. The first kappa shape index (κ1) is 14.2. The minimum absolute atomic E-state index is 0. The highest BCUT2D eigenvalue weighted by Gasteiger charge is 2.18. The Morgan fingerprint density at radius 2 is 2.00 bits per heavy atom. The second-order valence-corrected chi connectivity index (χ2v) is 4.57. The molecule has 2 nitrogen and oxygen atoms in total. The molecule has 3 heteroatoms. The monoisotopic (exact) mass is 220 g/mol. The van der Waals surface area contributed by atoms with Crippen LogP contribution in [0.2, 0.25) is 0 Å². The van der Waals surface area contributed by atoms with Crippen molar-refractivity contribution in [3.8, 4) is 0 Å². The second kappa shape index (κ2) is 7.49. The van der Waals surface area contributed by atoms with Gasteiger partial charge < -0.3 is 10.6 Å². The van der Waals surface area contributed by atoms with Crippen molar-refractivity contribution in [2.45, 2.75) is 33.1 Å². The number of nitrogens with two attached hydrogens (primary N) is 1. The second-order valence-electron chi connectivity index (χ2n) is 4.57. The van der Waals surface area contributed by atoms with Gasteiger partial charge in [0.2, 0.25) is 0 Å². The maximum absolute atomic E-state index is 5.56. The van der Waals surface area contributed by atoms with Crippen LogP contribution in [0.3, 0.4) is 0 Å². The van der Waals surface area contributed by atoms with Crippen molar-refractivity contribution in [2.24, 2.45) is 17.6 Å². The third-order valence-corrected chi connectivity index (χ3v) is 3.25. The summed E-state index contributed by atoms with van der Waals surface area (Å²) in [5, 5.41) is 0. The van der Waals surface area contributed by atoms with Gasteiger partial charge in [-0.25, -0.2) is 0 Å². The fourth-order valence-corrected chi connectivity index (χ4v) is 2.25. The molecule has 0 bridgehead atoms. The van der Waals surface area contributed by atoms with Gasteiger partial charge in [0.25, 0.3) is 0 Å². The SMILES string of the molecule is CC(C)C1CCCN(CCN)CC1.Cl. The van der Waals surface area contributed by atoms with Crippen LogP contribution >= 0.6 is 12.4 Å².